The lowest BCUT2D eigenvalue weighted by molar-refractivity contribution is 0.275. The molecule has 0 saturated heterocycles. The summed E-state index contributed by atoms with van der Waals surface area (Å²) < 4.78 is 0. The lowest BCUT2D eigenvalue weighted by Gasteiger charge is -2.26. The van der Waals surface area contributed by atoms with Gasteiger partial charge in [-0.25, -0.2) is 0 Å². The monoisotopic (exact) mass is 246 g/mol. The summed E-state index contributed by atoms with van der Waals surface area (Å²) in [6.45, 7) is 4.65. The van der Waals surface area contributed by atoms with Crippen molar-refractivity contribution in [2.75, 3.05) is 13.1 Å². The van der Waals surface area contributed by atoms with Crippen molar-refractivity contribution in [2.45, 2.75) is 45.4 Å². The van der Waals surface area contributed by atoms with Crippen LogP contribution in [0.15, 0.2) is 24.5 Å². The van der Waals surface area contributed by atoms with Crippen LogP contribution in [0.4, 0.5) is 0 Å². The molecule has 1 saturated carbocycles. The Balaban J connectivity index is 1.51. The minimum atomic E-state index is 0.972. The first-order valence-electron chi connectivity index (χ1n) is 7.44. The standard InChI is InChI=1S/C16H26N2/c1-14-4-6-15(7-5-14)8-11-17-12-9-16-3-2-10-18-13-16/h2-3,10,13-15,17H,4-9,11-12H2,1H3. The maximum atomic E-state index is 4.14. The summed E-state index contributed by atoms with van der Waals surface area (Å²) in [5.74, 6) is 1.95. The van der Waals surface area contributed by atoms with Crippen molar-refractivity contribution in [1.29, 1.82) is 0 Å². The first-order valence-corrected chi connectivity index (χ1v) is 7.44. The maximum absolute atomic E-state index is 4.14. The highest BCUT2D eigenvalue weighted by atomic mass is 14.8. The van der Waals surface area contributed by atoms with Crippen LogP contribution in [-0.2, 0) is 6.42 Å². The molecule has 100 valence electrons. The van der Waals surface area contributed by atoms with Crippen LogP contribution in [0.5, 0.6) is 0 Å². The summed E-state index contributed by atoms with van der Waals surface area (Å²) in [4.78, 5) is 4.14. The highest BCUT2D eigenvalue weighted by molar-refractivity contribution is 5.08. The molecule has 0 aliphatic heterocycles. The molecule has 2 rings (SSSR count). The maximum Gasteiger partial charge on any atom is 0.0300 e. The van der Waals surface area contributed by atoms with Crippen molar-refractivity contribution in [2.24, 2.45) is 11.8 Å². The number of hydrogen-bond donors (Lipinski definition) is 1. The number of hydrogen-bond acceptors (Lipinski definition) is 2. The molecule has 1 N–H and O–H groups in total. The average Bonchev–Trinajstić information content (AvgIpc) is 2.42. The molecule has 0 aromatic carbocycles. The predicted molar refractivity (Wildman–Crippen MR) is 76.5 cm³/mol. The molecule has 1 aromatic rings. The molecular weight excluding hydrogens is 220 g/mol. The topological polar surface area (TPSA) is 24.9 Å². The van der Waals surface area contributed by atoms with Crippen LogP contribution in [0.25, 0.3) is 0 Å². The van der Waals surface area contributed by atoms with Gasteiger partial charge in [0.25, 0.3) is 0 Å². The zero-order valence-electron chi connectivity index (χ0n) is 11.6. The summed E-state index contributed by atoms with van der Waals surface area (Å²) in [5.41, 5.74) is 1.33. The molecule has 1 aromatic heterocycles. The predicted octanol–water partition coefficient (Wildman–Crippen LogP) is 3.43. The van der Waals surface area contributed by atoms with Crippen molar-refractivity contribution in [1.82, 2.24) is 10.3 Å². The number of nitrogens with one attached hydrogen (secondary N) is 1. The fraction of sp³-hybridized carbons (Fsp3) is 0.688. The van der Waals surface area contributed by atoms with E-state index in [1.54, 1.807) is 0 Å². The summed E-state index contributed by atoms with van der Waals surface area (Å²) in [6.07, 6.45) is 12.0. The van der Waals surface area contributed by atoms with Crippen LogP contribution in [0.2, 0.25) is 0 Å². The number of aromatic nitrogens is 1. The molecule has 0 unspecified atom stereocenters. The fourth-order valence-electron chi connectivity index (χ4n) is 2.83. The molecular formula is C16H26N2. The minimum Gasteiger partial charge on any atom is -0.316 e. The first kappa shape index (κ1) is 13.5. The van der Waals surface area contributed by atoms with E-state index in [2.05, 4.69) is 23.3 Å². The molecule has 1 heterocycles. The van der Waals surface area contributed by atoms with Gasteiger partial charge in [0.05, 0.1) is 0 Å². The lowest BCUT2D eigenvalue weighted by Crippen LogP contribution is -2.22. The van der Waals surface area contributed by atoms with Gasteiger partial charge in [0, 0.05) is 12.4 Å². The molecule has 1 fully saturated rings. The second-order valence-electron chi connectivity index (χ2n) is 5.78. The second kappa shape index (κ2) is 7.52. The average molecular weight is 246 g/mol. The van der Waals surface area contributed by atoms with Crippen LogP contribution >= 0.6 is 0 Å². The summed E-state index contributed by atoms with van der Waals surface area (Å²) in [6, 6.07) is 4.16. The minimum absolute atomic E-state index is 0.972. The lowest BCUT2D eigenvalue weighted by atomic mass is 9.81. The largest absolute Gasteiger partial charge is 0.316 e. The van der Waals surface area contributed by atoms with E-state index in [4.69, 9.17) is 0 Å². The normalized spacial score (nSPS) is 24.1. The van der Waals surface area contributed by atoms with E-state index >= 15 is 0 Å². The van der Waals surface area contributed by atoms with Gasteiger partial charge in [0.1, 0.15) is 0 Å². The Bertz CT molecular complexity index is 315. The highest BCUT2D eigenvalue weighted by Crippen LogP contribution is 2.29. The van der Waals surface area contributed by atoms with Crippen molar-refractivity contribution in [3.8, 4) is 0 Å². The van der Waals surface area contributed by atoms with E-state index in [1.807, 2.05) is 18.5 Å². The Morgan fingerprint density at radius 2 is 2.06 bits per heavy atom. The molecule has 0 amide bonds. The molecule has 1 aliphatic rings. The molecule has 18 heavy (non-hydrogen) atoms. The summed E-state index contributed by atoms with van der Waals surface area (Å²) >= 11 is 0. The quantitative estimate of drug-likeness (QED) is 0.778. The molecule has 2 nitrogen and oxygen atoms in total. The van der Waals surface area contributed by atoms with Gasteiger partial charge in [-0.2, -0.15) is 0 Å². The third kappa shape index (κ3) is 4.77. The smallest absolute Gasteiger partial charge is 0.0300 e. The molecule has 0 bridgehead atoms. The summed E-state index contributed by atoms with van der Waals surface area (Å²) in [5, 5.41) is 3.56. The van der Waals surface area contributed by atoms with Crippen LogP contribution in [0.1, 0.15) is 44.6 Å². The Hall–Kier alpha value is -0.890. The Morgan fingerprint density at radius 3 is 2.78 bits per heavy atom. The fourth-order valence-corrected chi connectivity index (χ4v) is 2.83. The van der Waals surface area contributed by atoms with Gasteiger partial charge < -0.3 is 5.32 Å². The first-order chi connectivity index (χ1) is 8.84. The third-order valence-corrected chi connectivity index (χ3v) is 4.18. The van der Waals surface area contributed by atoms with Gasteiger partial charge in [0.2, 0.25) is 0 Å². The van der Waals surface area contributed by atoms with E-state index in [0.29, 0.717) is 0 Å². The number of nitrogens with zero attached hydrogens (tertiary/aromatic N) is 1. The number of rotatable bonds is 6. The third-order valence-electron chi connectivity index (χ3n) is 4.18. The molecule has 0 radical (unpaired) electrons. The Morgan fingerprint density at radius 1 is 1.22 bits per heavy atom. The zero-order valence-corrected chi connectivity index (χ0v) is 11.6. The van der Waals surface area contributed by atoms with E-state index in [1.165, 1.54) is 44.2 Å². The number of pyridine rings is 1. The Kier molecular flexibility index (Phi) is 5.66. The van der Waals surface area contributed by atoms with Crippen molar-refractivity contribution in [3.05, 3.63) is 30.1 Å². The van der Waals surface area contributed by atoms with Crippen LogP contribution in [0.3, 0.4) is 0 Å². The van der Waals surface area contributed by atoms with Gasteiger partial charge >= 0.3 is 0 Å². The van der Waals surface area contributed by atoms with Gasteiger partial charge in [-0.05, 0) is 49.4 Å². The van der Waals surface area contributed by atoms with Crippen LogP contribution in [-0.4, -0.2) is 18.1 Å². The molecule has 1 aliphatic carbocycles. The van der Waals surface area contributed by atoms with E-state index in [0.717, 1.165) is 24.8 Å². The van der Waals surface area contributed by atoms with Gasteiger partial charge in [-0.1, -0.05) is 38.7 Å². The van der Waals surface area contributed by atoms with Crippen LogP contribution in [0, 0.1) is 11.8 Å². The molecule has 2 heteroatoms. The molecule has 0 spiro atoms. The SMILES string of the molecule is CC1CCC(CCNCCc2cccnc2)CC1. The summed E-state index contributed by atoms with van der Waals surface area (Å²) in [7, 11) is 0. The second-order valence-corrected chi connectivity index (χ2v) is 5.78. The van der Waals surface area contributed by atoms with E-state index in [9.17, 15) is 0 Å². The van der Waals surface area contributed by atoms with E-state index in [-0.39, 0.29) is 0 Å². The zero-order chi connectivity index (χ0) is 12.6. The van der Waals surface area contributed by atoms with E-state index < -0.39 is 0 Å². The van der Waals surface area contributed by atoms with Gasteiger partial charge in [-0.3, -0.25) is 4.98 Å². The van der Waals surface area contributed by atoms with Gasteiger partial charge in [-0.15, -0.1) is 0 Å². The van der Waals surface area contributed by atoms with Crippen molar-refractivity contribution >= 4 is 0 Å². The highest BCUT2D eigenvalue weighted by Gasteiger charge is 2.17. The Labute approximate surface area is 111 Å². The van der Waals surface area contributed by atoms with Gasteiger partial charge in [0.15, 0.2) is 0 Å². The molecule has 0 atom stereocenters. The van der Waals surface area contributed by atoms with Crippen LogP contribution < -0.4 is 5.32 Å². The van der Waals surface area contributed by atoms with Crippen molar-refractivity contribution < 1.29 is 0 Å². The van der Waals surface area contributed by atoms with Crippen molar-refractivity contribution in [3.63, 3.8) is 0 Å².